The lowest BCUT2D eigenvalue weighted by atomic mass is 10.0. The summed E-state index contributed by atoms with van der Waals surface area (Å²) in [6.07, 6.45) is 5.63. The van der Waals surface area contributed by atoms with Crippen LogP contribution < -0.4 is 10.6 Å². The van der Waals surface area contributed by atoms with Gasteiger partial charge in [-0.3, -0.25) is 9.89 Å². The summed E-state index contributed by atoms with van der Waals surface area (Å²) in [7, 11) is 0. The van der Waals surface area contributed by atoms with Gasteiger partial charge >= 0.3 is 6.09 Å². The molecule has 0 radical (unpaired) electrons. The van der Waals surface area contributed by atoms with Crippen LogP contribution in [0.4, 0.5) is 4.79 Å². The van der Waals surface area contributed by atoms with Crippen molar-refractivity contribution in [3.8, 4) is 0 Å². The van der Waals surface area contributed by atoms with Gasteiger partial charge in [0.2, 0.25) is 0 Å². The van der Waals surface area contributed by atoms with Crippen LogP contribution in [-0.4, -0.2) is 79.8 Å². The summed E-state index contributed by atoms with van der Waals surface area (Å²) < 4.78 is 5.08. The van der Waals surface area contributed by atoms with E-state index in [1.807, 2.05) is 6.92 Å². The van der Waals surface area contributed by atoms with E-state index in [9.17, 15) is 4.79 Å². The molecule has 0 saturated carbocycles. The first-order valence-electron chi connectivity index (χ1n) is 10.3. The zero-order valence-corrected chi connectivity index (χ0v) is 19.5. The predicted octanol–water partition coefficient (Wildman–Crippen LogP) is 2.65. The zero-order valence-electron chi connectivity index (χ0n) is 17.2. The van der Waals surface area contributed by atoms with E-state index in [2.05, 4.69) is 29.4 Å². The third-order valence-corrected chi connectivity index (χ3v) is 5.30. The topological polar surface area (TPSA) is 69.2 Å². The van der Waals surface area contributed by atoms with Crippen molar-refractivity contribution >= 4 is 36.0 Å². The maximum absolute atomic E-state index is 11.8. The van der Waals surface area contributed by atoms with Crippen molar-refractivity contribution in [2.75, 3.05) is 45.9 Å². The third-order valence-electron chi connectivity index (χ3n) is 5.30. The second-order valence-corrected chi connectivity index (χ2v) is 7.25. The van der Waals surface area contributed by atoms with E-state index in [0.717, 1.165) is 51.5 Å². The summed E-state index contributed by atoms with van der Waals surface area (Å²) in [5.41, 5.74) is 0. The number of rotatable bonds is 6. The molecule has 2 N–H and O–H groups in total. The highest BCUT2D eigenvalue weighted by molar-refractivity contribution is 14.0. The number of halogens is 1. The predicted molar refractivity (Wildman–Crippen MR) is 121 cm³/mol. The molecule has 0 aromatic heterocycles. The number of carbonyl (C=O) groups is 1. The van der Waals surface area contributed by atoms with Crippen LogP contribution in [0.1, 0.15) is 52.9 Å². The summed E-state index contributed by atoms with van der Waals surface area (Å²) in [5, 5.41) is 6.89. The third kappa shape index (κ3) is 8.41. The average Bonchev–Trinajstić information content (AvgIpc) is 2.64. The van der Waals surface area contributed by atoms with Crippen molar-refractivity contribution in [2.45, 2.75) is 65.0 Å². The molecule has 2 aliphatic heterocycles. The second-order valence-electron chi connectivity index (χ2n) is 7.25. The van der Waals surface area contributed by atoms with Gasteiger partial charge in [-0.2, -0.15) is 0 Å². The van der Waals surface area contributed by atoms with Crippen molar-refractivity contribution in [2.24, 2.45) is 4.99 Å². The Labute approximate surface area is 181 Å². The highest BCUT2D eigenvalue weighted by Crippen LogP contribution is 2.15. The Balaban J connectivity index is 0.00000364. The van der Waals surface area contributed by atoms with Gasteiger partial charge in [-0.1, -0.05) is 6.42 Å². The Hall–Kier alpha value is -0.770. The number of likely N-dealkylation sites (tertiary alicyclic amines) is 2. The Kier molecular flexibility index (Phi) is 12.1. The molecule has 1 atom stereocenters. The number of aliphatic imine (C=N–C) groups is 1. The van der Waals surface area contributed by atoms with Crippen LogP contribution in [0.3, 0.4) is 0 Å². The minimum atomic E-state index is -0.192. The molecule has 2 saturated heterocycles. The standard InChI is InChI=1S/C19H37N5O2.HI/c1-4-20-18(21-11-15-23-12-7-6-8-16(23)3)22-17-9-13-24(14-10-17)19(25)26-5-2;/h16-17H,4-15H2,1-3H3,(H2,20,21,22);1H. The van der Waals surface area contributed by atoms with Gasteiger partial charge in [0.1, 0.15) is 0 Å². The summed E-state index contributed by atoms with van der Waals surface area (Å²) in [6, 6.07) is 1.04. The fourth-order valence-corrected chi connectivity index (χ4v) is 3.71. The van der Waals surface area contributed by atoms with E-state index in [-0.39, 0.29) is 30.1 Å². The van der Waals surface area contributed by atoms with Gasteiger partial charge in [0.05, 0.1) is 13.2 Å². The van der Waals surface area contributed by atoms with E-state index in [1.54, 1.807) is 4.90 Å². The maximum Gasteiger partial charge on any atom is 0.409 e. The molecule has 158 valence electrons. The van der Waals surface area contributed by atoms with Gasteiger partial charge in [-0.25, -0.2) is 4.79 Å². The Morgan fingerprint density at radius 3 is 2.52 bits per heavy atom. The number of nitrogens with one attached hydrogen (secondary N) is 2. The van der Waals surface area contributed by atoms with Crippen molar-refractivity contribution in [1.82, 2.24) is 20.4 Å². The smallest absolute Gasteiger partial charge is 0.409 e. The van der Waals surface area contributed by atoms with Gasteiger partial charge in [-0.05, 0) is 53.0 Å². The number of ether oxygens (including phenoxy) is 1. The van der Waals surface area contributed by atoms with E-state index >= 15 is 0 Å². The molecule has 2 rings (SSSR count). The van der Waals surface area contributed by atoms with Crippen LogP contribution >= 0.6 is 24.0 Å². The molecule has 0 aromatic carbocycles. The van der Waals surface area contributed by atoms with Gasteiger partial charge in [0.25, 0.3) is 0 Å². The molecule has 2 heterocycles. The molecule has 0 aromatic rings. The maximum atomic E-state index is 11.8. The number of piperidine rings is 2. The second kappa shape index (κ2) is 13.4. The molecule has 1 unspecified atom stereocenters. The van der Waals surface area contributed by atoms with Crippen LogP contribution in [-0.2, 0) is 4.74 Å². The molecule has 0 bridgehead atoms. The molecule has 0 aliphatic carbocycles. The zero-order chi connectivity index (χ0) is 18.8. The first-order valence-corrected chi connectivity index (χ1v) is 10.3. The Morgan fingerprint density at radius 1 is 1.15 bits per heavy atom. The van der Waals surface area contributed by atoms with E-state index in [1.165, 1.54) is 25.8 Å². The lowest BCUT2D eigenvalue weighted by molar-refractivity contribution is 0.0963. The quantitative estimate of drug-likeness (QED) is 0.337. The molecule has 8 heteroatoms. The summed E-state index contributed by atoms with van der Waals surface area (Å²) in [5.74, 6) is 0.895. The highest BCUT2D eigenvalue weighted by Gasteiger charge is 2.24. The van der Waals surface area contributed by atoms with Gasteiger partial charge in [0.15, 0.2) is 5.96 Å². The van der Waals surface area contributed by atoms with Crippen LogP contribution in [0, 0.1) is 0 Å². The van der Waals surface area contributed by atoms with Crippen LogP contribution in [0.5, 0.6) is 0 Å². The van der Waals surface area contributed by atoms with Crippen LogP contribution in [0.25, 0.3) is 0 Å². The molecule has 1 amide bonds. The molecule has 0 spiro atoms. The Bertz CT molecular complexity index is 455. The number of nitrogens with zero attached hydrogens (tertiary/aromatic N) is 3. The van der Waals surface area contributed by atoms with Crippen molar-refractivity contribution < 1.29 is 9.53 Å². The van der Waals surface area contributed by atoms with Gasteiger partial charge in [-0.15, -0.1) is 24.0 Å². The fraction of sp³-hybridized carbons (Fsp3) is 0.895. The number of carbonyl (C=O) groups excluding carboxylic acids is 1. The average molecular weight is 495 g/mol. The first kappa shape index (κ1) is 24.3. The van der Waals surface area contributed by atoms with Crippen LogP contribution in [0.15, 0.2) is 4.99 Å². The summed E-state index contributed by atoms with van der Waals surface area (Å²) in [6.45, 7) is 12.1. The molecule has 2 aliphatic rings. The molecule has 27 heavy (non-hydrogen) atoms. The van der Waals surface area contributed by atoms with Gasteiger partial charge in [0, 0.05) is 38.3 Å². The molecular formula is C19H38IN5O2. The highest BCUT2D eigenvalue weighted by atomic mass is 127. The van der Waals surface area contributed by atoms with Crippen molar-refractivity contribution in [1.29, 1.82) is 0 Å². The number of amides is 1. The lowest BCUT2D eigenvalue weighted by Crippen LogP contribution is -2.50. The van der Waals surface area contributed by atoms with E-state index in [4.69, 9.17) is 9.73 Å². The molecule has 7 nitrogen and oxygen atoms in total. The van der Waals surface area contributed by atoms with E-state index in [0.29, 0.717) is 18.7 Å². The minimum absolute atomic E-state index is 0. The lowest BCUT2D eigenvalue weighted by Gasteiger charge is -2.33. The SMILES string of the molecule is CCNC(=NCCN1CCCCC1C)NC1CCN(C(=O)OCC)CC1.I. The molecule has 2 fully saturated rings. The fourth-order valence-electron chi connectivity index (χ4n) is 3.71. The normalized spacial score (nSPS) is 22.1. The van der Waals surface area contributed by atoms with E-state index < -0.39 is 0 Å². The van der Waals surface area contributed by atoms with Crippen molar-refractivity contribution in [3.05, 3.63) is 0 Å². The first-order chi connectivity index (χ1) is 12.6. The number of hydrogen-bond acceptors (Lipinski definition) is 4. The van der Waals surface area contributed by atoms with Crippen molar-refractivity contribution in [3.63, 3.8) is 0 Å². The number of hydrogen-bond donors (Lipinski definition) is 2. The number of guanidine groups is 1. The van der Waals surface area contributed by atoms with Gasteiger partial charge < -0.3 is 20.3 Å². The largest absolute Gasteiger partial charge is 0.450 e. The Morgan fingerprint density at radius 2 is 1.89 bits per heavy atom. The minimum Gasteiger partial charge on any atom is -0.450 e. The monoisotopic (exact) mass is 495 g/mol. The summed E-state index contributed by atoms with van der Waals surface area (Å²) in [4.78, 5) is 20.9. The summed E-state index contributed by atoms with van der Waals surface area (Å²) >= 11 is 0. The molecular weight excluding hydrogens is 457 g/mol. The van der Waals surface area contributed by atoms with Crippen LogP contribution in [0.2, 0.25) is 0 Å².